The van der Waals surface area contributed by atoms with E-state index in [-0.39, 0.29) is 5.91 Å². The number of carbonyl (C=O) groups excluding carboxylic acids is 2. The van der Waals surface area contributed by atoms with E-state index in [0.717, 1.165) is 29.7 Å². The highest BCUT2D eigenvalue weighted by Crippen LogP contribution is 2.39. The molecular formula is C16H20N4O2S. The summed E-state index contributed by atoms with van der Waals surface area (Å²) in [6.45, 7) is 4.85. The Morgan fingerprint density at radius 1 is 1.52 bits per heavy atom. The van der Waals surface area contributed by atoms with Crippen LogP contribution < -0.4 is 11.1 Å². The minimum atomic E-state index is -0.480. The molecule has 0 fully saturated rings. The van der Waals surface area contributed by atoms with E-state index in [9.17, 15) is 9.59 Å². The lowest BCUT2D eigenvalue weighted by molar-refractivity contribution is 0.1000. The molecule has 0 unspecified atom stereocenters. The Morgan fingerprint density at radius 3 is 2.96 bits per heavy atom. The quantitative estimate of drug-likeness (QED) is 0.901. The fourth-order valence-electron chi connectivity index (χ4n) is 2.93. The molecule has 23 heavy (non-hydrogen) atoms. The number of nitrogens with zero attached hydrogens (tertiary/aromatic N) is 2. The van der Waals surface area contributed by atoms with Crippen LogP contribution >= 0.6 is 11.3 Å². The number of anilines is 1. The van der Waals surface area contributed by atoms with Gasteiger partial charge in [-0.1, -0.05) is 6.92 Å². The van der Waals surface area contributed by atoms with Gasteiger partial charge in [0.1, 0.15) is 5.00 Å². The number of hydrogen-bond donors (Lipinski definition) is 2. The Bertz CT molecular complexity index is 762. The molecule has 0 spiro atoms. The molecule has 122 valence electrons. The van der Waals surface area contributed by atoms with Crippen molar-refractivity contribution in [2.45, 2.75) is 39.7 Å². The van der Waals surface area contributed by atoms with Gasteiger partial charge in [-0.15, -0.1) is 11.3 Å². The largest absolute Gasteiger partial charge is 0.365 e. The summed E-state index contributed by atoms with van der Waals surface area (Å²) in [6.07, 6.45) is 4.57. The predicted octanol–water partition coefficient (Wildman–Crippen LogP) is 2.44. The average Bonchev–Trinajstić information content (AvgIpc) is 3.10. The van der Waals surface area contributed by atoms with Gasteiger partial charge in [-0.05, 0) is 43.7 Å². The highest BCUT2D eigenvalue weighted by atomic mass is 32.1. The molecule has 3 rings (SSSR count). The molecule has 6 nitrogen and oxygen atoms in total. The van der Waals surface area contributed by atoms with Crippen LogP contribution in [0.3, 0.4) is 0 Å². The van der Waals surface area contributed by atoms with Crippen LogP contribution in [0.25, 0.3) is 0 Å². The maximum atomic E-state index is 12.4. The van der Waals surface area contributed by atoms with Crippen LogP contribution in [0.5, 0.6) is 0 Å². The van der Waals surface area contributed by atoms with Crippen LogP contribution in [0.1, 0.15) is 51.6 Å². The molecule has 2 aromatic rings. The monoisotopic (exact) mass is 332 g/mol. The van der Waals surface area contributed by atoms with Crippen molar-refractivity contribution in [2.24, 2.45) is 11.7 Å². The molecule has 0 saturated carbocycles. The number of hydrogen-bond acceptors (Lipinski definition) is 4. The van der Waals surface area contributed by atoms with Crippen molar-refractivity contribution >= 4 is 28.2 Å². The average molecular weight is 332 g/mol. The van der Waals surface area contributed by atoms with Gasteiger partial charge in [0.25, 0.3) is 11.8 Å². The van der Waals surface area contributed by atoms with Gasteiger partial charge >= 0.3 is 0 Å². The van der Waals surface area contributed by atoms with Crippen molar-refractivity contribution in [1.29, 1.82) is 0 Å². The topological polar surface area (TPSA) is 90.0 Å². The summed E-state index contributed by atoms with van der Waals surface area (Å²) in [5.41, 5.74) is 7.37. The number of carbonyl (C=O) groups is 2. The number of nitrogens with two attached hydrogens (primary N) is 1. The lowest BCUT2D eigenvalue weighted by Crippen LogP contribution is -2.19. The normalized spacial score (nSPS) is 16.9. The van der Waals surface area contributed by atoms with E-state index in [1.807, 2.05) is 6.92 Å². The lowest BCUT2D eigenvalue weighted by Gasteiger charge is -2.18. The molecule has 0 radical (unpaired) electrons. The van der Waals surface area contributed by atoms with Crippen LogP contribution in [-0.2, 0) is 19.4 Å². The zero-order valence-corrected chi connectivity index (χ0v) is 14.1. The molecule has 2 aromatic heterocycles. The second-order valence-electron chi connectivity index (χ2n) is 5.93. The van der Waals surface area contributed by atoms with Crippen molar-refractivity contribution in [3.8, 4) is 0 Å². The van der Waals surface area contributed by atoms with Crippen molar-refractivity contribution in [3.05, 3.63) is 34.0 Å². The number of nitrogens with one attached hydrogen (secondary N) is 1. The fourth-order valence-corrected chi connectivity index (χ4v) is 4.34. The number of thiophene rings is 1. The third-order valence-corrected chi connectivity index (χ3v) is 5.35. The van der Waals surface area contributed by atoms with Gasteiger partial charge in [-0.2, -0.15) is 5.10 Å². The van der Waals surface area contributed by atoms with Gasteiger partial charge in [0.05, 0.1) is 5.56 Å². The molecule has 0 saturated heterocycles. The highest BCUT2D eigenvalue weighted by Gasteiger charge is 2.27. The predicted molar refractivity (Wildman–Crippen MR) is 89.9 cm³/mol. The van der Waals surface area contributed by atoms with Crippen molar-refractivity contribution in [1.82, 2.24) is 9.78 Å². The van der Waals surface area contributed by atoms with E-state index in [0.29, 0.717) is 28.7 Å². The Labute approximate surface area is 138 Å². The summed E-state index contributed by atoms with van der Waals surface area (Å²) in [4.78, 5) is 25.4. The van der Waals surface area contributed by atoms with Crippen LogP contribution in [0.15, 0.2) is 12.3 Å². The van der Waals surface area contributed by atoms with Crippen LogP contribution in [0, 0.1) is 5.92 Å². The molecule has 0 aliphatic heterocycles. The number of rotatable bonds is 4. The molecule has 2 heterocycles. The first-order valence-corrected chi connectivity index (χ1v) is 8.60. The summed E-state index contributed by atoms with van der Waals surface area (Å²) < 4.78 is 1.69. The number of fused-ring (bicyclic) bond motifs is 1. The molecule has 1 atom stereocenters. The molecule has 3 N–H and O–H groups in total. The van der Waals surface area contributed by atoms with Crippen molar-refractivity contribution in [2.75, 3.05) is 5.32 Å². The number of aryl methyl sites for hydroxylation is 1. The zero-order chi connectivity index (χ0) is 16.6. The van der Waals surface area contributed by atoms with Crippen LogP contribution in [-0.4, -0.2) is 21.6 Å². The molecule has 0 bridgehead atoms. The second kappa shape index (κ2) is 6.16. The molecule has 7 heteroatoms. The van der Waals surface area contributed by atoms with Crippen LogP contribution in [0.2, 0.25) is 0 Å². The first-order valence-electron chi connectivity index (χ1n) is 7.78. The van der Waals surface area contributed by atoms with E-state index in [1.165, 1.54) is 11.3 Å². The first-order chi connectivity index (χ1) is 11.0. The summed E-state index contributed by atoms with van der Waals surface area (Å²) in [5.74, 6) is -0.205. The van der Waals surface area contributed by atoms with Gasteiger partial charge in [0.2, 0.25) is 0 Å². The Hall–Kier alpha value is -2.15. The van der Waals surface area contributed by atoms with E-state index in [2.05, 4.69) is 17.3 Å². The molecular weight excluding hydrogens is 312 g/mol. The Balaban J connectivity index is 1.90. The van der Waals surface area contributed by atoms with E-state index < -0.39 is 5.91 Å². The maximum Gasteiger partial charge on any atom is 0.276 e. The summed E-state index contributed by atoms with van der Waals surface area (Å²) in [7, 11) is 0. The summed E-state index contributed by atoms with van der Waals surface area (Å²) in [5, 5.41) is 7.56. The maximum absolute atomic E-state index is 12.4. The molecule has 1 aliphatic rings. The van der Waals surface area contributed by atoms with Gasteiger partial charge in [0, 0.05) is 17.6 Å². The second-order valence-corrected chi connectivity index (χ2v) is 7.04. The summed E-state index contributed by atoms with van der Waals surface area (Å²) in [6, 6.07) is 1.67. The number of aromatic nitrogens is 2. The third-order valence-electron chi connectivity index (χ3n) is 4.18. The molecule has 2 amide bonds. The van der Waals surface area contributed by atoms with Crippen molar-refractivity contribution in [3.63, 3.8) is 0 Å². The fraction of sp³-hybridized carbons (Fsp3) is 0.438. The van der Waals surface area contributed by atoms with E-state index >= 15 is 0 Å². The van der Waals surface area contributed by atoms with Gasteiger partial charge in [-0.3, -0.25) is 14.3 Å². The standard InChI is InChI=1S/C16H20N4O2S/c1-3-20-7-6-11(19-20)15(22)18-16-13(14(17)21)10-5-4-9(2)8-12(10)23-16/h6-7,9H,3-5,8H2,1-2H3,(H2,17,21)(H,18,22)/t9-/m1/s1. The zero-order valence-electron chi connectivity index (χ0n) is 13.3. The Morgan fingerprint density at radius 2 is 2.30 bits per heavy atom. The SMILES string of the molecule is CCn1ccc(C(=O)Nc2sc3c(c2C(N)=O)CC[C@@H](C)C3)n1. The summed E-state index contributed by atoms with van der Waals surface area (Å²) >= 11 is 1.46. The van der Waals surface area contributed by atoms with E-state index in [1.54, 1.807) is 16.9 Å². The minimum Gasteiger partial charge on any atom is -0.365 e. The minimum absolute atomic E-state index is 0.314. The van der Waals surface area contributed by atoms with Gasteiger partial charge in [-0.25, -0.2) is 0 Å². The Kier molecular flexibility index (Phi) is 4.21. The molecule has 1 aliphatic carbocycles. The molecule has 0 aromatic carbocycles. The highest BCUT2D eigenvalue weighted by molar-refractivity contribution is 7.17. The number of primary amides is 1. The van der Waals surface area contributed by atoms with Crippen LogP contribution in [0.4, 0.5) is 5.00 Å². The third kappa shape index (κ3) is 3.01. The van der Waals surface area contributed by atoms with Gasteiger partial charge in [0.15, 0.2) is 5.69 Å². The first kappa shape index (κ1) is 15.7. The van der Waals surface area contributed by atoms with E-state index in [4.69, 9.17) is 5.73 Å². The lowest BCUT2D eigenvalue weighted by atomic mass is 9.88. The van der Waals surface area contributed by atoms with Gasteiger partial charge < -0.3 is 11.1 Å². The number of amides is 2. The van der Waals surface area contributed by atoms with Crippen molar-refractivity contribution < 1.29 is 9.59 Å². The smallest absolute Gasteiger partial charge is 0.276 e.